The molecule has 1 heterocycles. The van der Waals surface area contributed by atoms with Crippen LogP contribution < -0.4 is 5.32 Å². The van der Waals surface area contributed by atoms with Gasteiger partial charge in [0.15, 0.2) is 0 Å². The fraction of sp³-hybridized carbons (Fsp3) is 0.500. The van der Waals surface area contributed by atoms with Gasteiger partial charge in [0.1, 0.15) is 5.82 Å². The fourth-order valence-corrected chi connectivity index (χ4v) is 2.46. The SMILES string of the molecule is CC1CCC(c2c(F)cccc2Cl)CN1. The maximum absolute atomic E-state index is 13.6. The first kappa shape index (κ1) is 10.9. The molecule has 0 amide bonds. The first-order valence-electron chi connectivity index (χ1n) is 5.35. The Labute approximate surface area is 94.6 Å². The van der Waals surface area contributed by atoms with E-state index in [4.69, 9.17) is 11.6 Å². The van der Waals surface area contributed by atoms with E-state index in [1.165, 1.54) is 6.07 Å². The highest BCUT2D eigenvalue weighted by atomic mass is 35.5. The van der Waals surface area contributed by atoms with Crippen LogP contribution in [0.4, 0.5) is 4.39 Å². The molecule has 0 aliphatic carbocycles. The number of halogens is 2. The molecule has 1 N–H and O–H groups in total. The highest BCUT2D eigenvalue weighted by Crippen LogP contribution is 2.32. The molecule has 1 nitrogen and oxygen atoms in total. The Morgan fingerprint density at radius 2 is 2.20 bits per heavy atom. The molecule has 2 atom stereocenters. The Bertz CT molecular complexity index is 325. The Balaban J connectivity index is 2.22. The van der Waals surface area contributed by atoms with Crippen LogP contribution >= 0.6 is 11.6 Å². The van der Waals surface area contributed by atoms with Gasteiger partial charge < -0.3 is 5.32 Å². The van der Waals surface area contributed by atoms with Gasteiger partial charge in [-0.3, -0.25) is 0 Å². The third-order valence-electron chi connectivity index (χ3n) is 3.07. The lowest BCUT2D eigenvalue weighted by atomic mass is 9.89. The summed E-state index contributed by atoms with van der Waals surface area (Å²) in [6.07, 6.45) is 2.09. The van der Waals surface area contributed by atoms with Crippen molar-refractivity contribution in [2.45, 2.75) is 31.7 Å². The van der Waals surface area contributed by atoms with Gasteiger partial charge in [0.25, 0.3) is 0 Å². The Morgan fingerprint density at radius 1 is 1.40 bits per heavy atom. The van der Waals surface area contributed by atoms with Crippen LogP contribution in [0.2, 0.25) is 5.02 Å². The molecule has 2 unspecified atom stereocenters. The summed E-state index contributed by atoms with van der Waals surface area (Å²) in [6.45, 7) is 2.97. The van der Waals surface area contributed by atoms with Gasteiger partial charge in [-0.1, -0.05) is 17.7 Å². The van der Waals surface area contributed by atoms with Crippen molar-refractivity contribution in [3.05, 3.63) is 34.6 Å². The van der Waals surface area contributed by atoms with Crippen LogP contribution in [0.1, 0.15) is 31.2 Å². The minimum atomic E-state index is -0.177. The van der Waals surface area contributed by atoms with Crippen molar-refractivity contribution in [3.63, 3.8) is 0 Å². The van der Waals surface area contributed by atoms with E-state index in [9.17, 15) is 4.39 Å². The van der Waals surface area contributed by atoms with Crippen molar-refractivity contribution in [2.75, 3.05) is 6.54 Å². The summed E-state index contributed by atoms with van der Waals surface area (Å²) in [5, 5.41) is 3.91. The predicted octanol–water partition coefficient (Wildman–Crippen LogP) is 3.33. The molecular weight excluding hydrogens is 213 g/mol. The second-order valence-corrected chi connectivity index (χ2v) is 4.63. The van der Waals surface area contributed by atoms with Crippen molar-refractivity contribution < 1.29 is 4.39 Å². The van der Waals surface area contributed by atoms with Gasteiger partial charge in [-0.15, -0.1) is 0 Å². The number of hydrogen-bond donors (Lipinski definition) is 1. The van der Waals surface area contributed by atoms with Crippen LogP contribution in [0.15, 0.2) is 18.2 Å². The number of nitrogens with one attached hydrogen (secondary N) is 1. The second-order valence-electron chi connectivity index (χ2n) is 4.22. The molecule has 82 valence electrons. The fourth-order valence-electron chi connectivity index (χ4n) is 2.15. The smallest absolute Gasteiger partial charge is 0.128 e. The highest BCUT2D eigenvalue weighted by molar-refractivity contribution is 6.31. The molecule has 0 radical (unpaired) electrons. The molecule has 15 heavy (non-hydrogen) atoms. The Hall–Kier alpha value is -0.600. The predicted molar refractivity (Wildman–Crippen MR) is 60.8 cm³/mol. The molecule has 3 heteroatoms. The van der Waals surface area contributed by atoms with Gasteiger partial charge in [-0.25, -0.2) is 4.39 Å². The van der Waals surface area contributed by atoms with Crippen LogP contribution in [-0.4, -0.2) is 12.6 Å². The maximum Gasteiger partial charge on any atom is 0.128 e. The minimum Gasteiger partial charge on any atom is -0.314 e. The largest absolute Gasteiger partial charge is 0.314 e. The zero-order valence-corrected chi connectivity index (χ0v) is 9.52. The molecule has 0 saturated carbocycles. The van der Waals surface area contributed by atoms with Crippen LogP contribution in [0.5, 0.6) is 0 Å². The molecule has 1 aliphatic heterocycles. The van der Waals surface area contributed by atoms with Gasteiger partial charge in [-0.2, -0.15) is 0 Å². The van der Waals surface area contributed by atoms with E-state index >= 15 is 0 Å². The molecule has 1 aromatic carbocycles. The molecule has 2 rings (SSSR count). The van der Waals surface area contributed by atoms with Gasteiger partial charge in [-0.05, 0) is 31.9 Å². The number of rotatable bonds is 1. The lowest BCUT2D eigenvalue weighted by Gasteiger charge is -2.28. The van der Waals surface area contributed by atoms with Crippen molar-refractivity contribution in [2.24, 2.45) is 0 Å². The molecule has 0 spiro atoms. The van der Waals surface area contributed by atoms with Gasteiger partial charge in [0, 0.05) is 29.1 Å². The molecule has 1 aliphatic rings. The normalized spacial score (nSPS) is 26.6. The maximum atomic E-state index is 13.6. The van der Waals surface area contributed by atoms with E-state index in [-0.39, 0.29) is 11.7 Å². The lowest BCUT2D eigenvalue weighted by molar-refractivity contribution is 0.378. The van der Waals surface area contributed by atoms with Crippen LogP contribution in [0, 0.1) is 5.82 Å². The second kappa shape index (κ2) is 4.50. The van der Waals surface area contributed by atoms with Gasteiger partial charge >= 0.3 is 0 Å². The average Bonchev–Trinajstić information content (AvgIpc) is 2.20. The van der Waals surface area contributed by atoms with Crippen molar-refractivity contribution in [1.29, 1.82) is 0 Å². The summed E-state index contributed by atoms with van der Waals surface area (Å²) < 4.78 is 13.6. The molecule has 1 fully saturated rings. The summed E-state index contributed by atoms with van der Waals surface area (Å²) in [6, 6.07) is 5.43. The van der Waals surface area contributed by atoms with Crippen LogP contribution in [0.25, 0.3) is 0 Å². The summed E-state index contributed by atoms with van der Waals surface area (Å²) in [5.74, 6) is 0.0405. The third-order valence-corrected chi connectivity index (χ3v) is 3.40. The Kier molecular flexibility index (Phi) is 3.27. The molecule has 1 saturated heterocycles. The van der Waals surface area contributed by atoms with E-state index in [0.29, 0.717) is 16.6 Å². The molecule has 0 aromatic heterocycles. The summed E-state index contributed by atoms with van der Waals surface area (Å²) >= 11 is 6.03. The lowest BCUT2D eigenvalue weighted by Crippen LogP contribution is -2.36. The van der Waals surface area contributed by atoms with Crippen molar-refractivity contribution in [1.82, 2.24) is 5.32 Å². The number of hydrogen-bond acceptors (Lipinski definition) is 1. The first-order valence-corrected chi connectivity index (χ1v) is 5.73. The molecule has 0 bridgehead atoms. The third kappa shape index (κ3) is 2.32. The standard InChI is InChI=1S/C12H15ClFN/c1-8-5-6-9(7-15-8)12-10(13)3-2-4-11(12)14/h2-4,8-9,15H,5-7H2,1H3. The molecule has 1 aromatic rings. The first-order chi connectivity index (χ1) is 7.18. The number of piperidine rings is 1. The summed E-state index contributed by atoms with van der Waals surface area (Å²) in [5.41, 5.74) is 0.679. The zero-order valence-electron chi connectivity index (χ0n) is 8.76. The monoisotopic (exact) mass is 227 g/mol. The Morgan fingerprint density at radius 3 is 2.80 bits per heavy atom. The summed E-state index contributed by atoms with van der Waals surface area (Å²) in [4.78, 5) is 0. The van der Waals surface area contributed by atoms with Crippen molar-refractivity contribution >= 4 is 11.6 Å². The van der Waals surface area contributed by atoms with E-state index in [0.717, 1.165) is 19.4 Å². The van der Waals surface area contributed by atoms with E-state index in [1.807, 2.05) is 0 Å². The zero-order chi connectivity index (χ0) is 10.8. The van der Waals surface area contributed by atoms with Crippen LogP contribution in [-0.2, 0) is 0 Å². The van der Waals surface area contributed by atoms with E-state index in [1.54, 1.807) is 12.1 Å². The van der Waals surface area contributed by atoms with Crippen LogP contribution in [0.3, 0.4) is 0 Å². The van der Waals surface area contributed by atoms with E-state index in [2.05, 4.69) is 12.2 Å². The van der Waals surface area contributed by atoms with Gasteiger partial charge in [0.2, 0.25) is 0 Å². The topological polar surface area (TPSA) is 12.0 Å². The quantitative estimate of drug-likeness (QED) is 0.776. The highest BCUT2D eigenvalue weighted by Gasteiger charge is 2.23. The average molecular weight is 228 g/mol. The minimum absolute atomic E-state index is 0.177. The van der Waals surface area contributed by atoms with E-state index < -0.39 is 0 Å². The molecular formula is C12H15ClFN. The van der Waals surface area contributed by atoms with Crippen molar-refractivity contribution in [3.8, 4) is 0 Å². The number of benzene rings is 1. The van der Waals surface area contributed by atoms with Gasteiger partial charge in [0.05, 0.1) is 0 Å². The summed E-state index contributed by atoms with van der Waals surface area (Å²) in [7, 11) is 0.